The first-order valence-corrected chi connectivity index (χ1v) is 10.5. The van der Waals surface area contributed by atoms with Crippen LogP contribution in [0.5, 0.6) is 0 Å². The summed E-state index contributed by atoms with van der Waals surface area (Å²) < 4.78 is 5.28. The highest BCUT2D eigenvalue weighted by Gasteiger charge is 2.50. The topological polar surface area (TPSA) is 50.4 Å². The van der Waals surface area contributed by atoms with E-state index in [9.17, 15) is 4.79 Å². The molecule has 25 heavy (non-hydrogen) atoms. The summed E-state index contributed by atoms with van der Waals surface area (Å²) >= 11 is 0. The van der Waals surface area contributed by atoms with Crippen LogP contribution in [0, 0.1) is 23.2 Å². The minimum atomic E-state index is -0.391. The van der Waals surface area contributed by atoms with E-state index in [1.165, 1.54) is 44.9 Å². The highest BCUT2D eigenvalue weighted by atomic mass is 16.6. The van der Waals surface area contributed by atoms with Crippen LogP contribution in [-0.2, 0) is 9.53 Å². The molecule has 0 aromatic rings. The molecule has 2 N–H and O–H groups in total. The molecule has 0 heterocycles. The Hall–Kier alpha value is -0.610. The molecule has 4 saturated carbocycles. The van der Waals surface area contributed by atoms with Gasteiger partial charge in [-0.3, -0.25) is 4.79 Å². The summed E-state index contributed by atoms with van der Waals surface area (Å²) in [4.78, 5) is 11.6. The van der Waals surface area contributed by atoms with Gasteiger partial charge < -0.3 is 15.4 Å². The van der Waals surface area contributed by atoms with Gasteiger partial charge in [-0.25, -0.2) is 0 Å². The third-order valence-electron chi connectivity index (χ3n) is 6.39. The van der Waals surface area contributed by atoms with Crippen molar-refractivity contribution < 1.29 is 9.53 Å². The average molecular weight is 351 g/mol. The lowest BCUT2D eigenvalue weighted by atomic mass is 9.49. The molecule has 4 fully saturated rings. The Morgan fingerprint density at radius 2 is 1.52 bits per heavy atom. The standard InChI is InChI=1S/C21H38N2O2/c1-20(2,3)25-19(24)15-23-7-4-6-22-8-5-21-12-16-9-17(13-21)11-18(10-16)14-21/h16-18,22-23H,4-15H2,1-3H3. The minimum Gasteiger partial charge on any atom is -0.459 e. The highest BCUT2D eigenvalue weighted by Crippen LogP contribution is 2.61. The molecule has 4 aliphatic rings. The van der Waals surface area contributed by atoms with Gasteiger partial charge in [0.05, 0.1) is 6.54 Å². The van der Waals surface area contributed by atoms with Gasteiger partial charge in [0.15, 0.2) is 0 Å². The molecule has 4 aliphatic carbocycles. The number of nitrogens with one attached hydrogen (secondary N) is 2. The van der Waals surface area contributed by atoms with Gasteiger partial charge in [0.1, 0.15) is 5.60 Å². The third kappa shape index (κ3) is 5.68. The lowest BCUT2D eigenvalue weighted by molar-refractivity contribution is -0.153. The molecule has 4 heteroatoms. The average Bonchev–Trinajstić information content (AvgIpc) is 2.46. The first-order valence-electron chi connectivity index (χ1n) is 10.5. The lowest BCUT2D eigenvalue weighted by Crippen LogP contribution is -2.47. The zero-order valence-electron chi connectivity index (χ0n) is 16.5. The first kappa shape index (κ1) is 19.2. The van der Waals surface area contributed by atoms with Gasteiger partial charge in [-0.05, 0) is 115 Å². The summed E-state index contributed by atoms with van der Waals surface area (Å²) in [7, 11) is 0. The summed E-state index contributed by atoms with van der Waals surface area (Å²) in [5.74, 6) is 3.01. The van der Waals surface area contributed by atoms with E-state index in [0.29, 0.717) is 12.0 Å². The van der Waals surface area contributed by atoms with Crippen LogP contribution in [0.25, 0.3) is 0 Å². The first-order chi connectivity index (χ1) is 11.8. The number of carbonyl (C=O) groups excluding carboxylic acids is 1. The van der Waals surface area contributed by atoms with Crippen molar-refractivity contribution >= 4 is 5.97 Å². The van der Waals surface area contributed by atoms with Crippen LogP contribution in [0.4, 0.5) is 0 Å². The largest absolute Gasteiger partial charge is 0.459 e. The smallest absolute Gasteiger partial charge is 0.320 e. The molecular formula is C21H38N2O2. The fraction of sp³-hybridized carbons (Fsp3) is 0.952. The molecule has 4 rings (SSSR count). The van der Waals surface area contributed by atoms with Crippen molar-refractivity contribution in [3.8, 4) is 0 Å². The van der Waals surface area contributed by atoms with E-state index >= 15 is 0 Å². The van der Waals surface area contributed by atoms with Crippen molar-refractivity contribution in [2.45, 2.75) is 77.7 Å². The monoisotopic (exact) mass is 350 g/mol. The molecule has 0 aromatic heterocycles. The van der Waals surface area contributed by atoms with Crippen LogP contribution in [-0.4, -0.2) is 37.7 Å². The molecule has 4 bridgehead atoms. The molecule has 0 aromatic carbocycles. The number of ether oxygens (including phenoxy) is 1. The van der Waals surface area contributed by atoms with Gasteiger partial charge in [0, 0.05) is 0 Å². The number of esters is 1. The van der Waals surface area contributed by atoms with Crippen LogP contribution in [0.15, 0.2) is 0 Å². The third-order valence-corrected chi connectivity index (χ3v) is 6.39. The quantitative estimate of drug-likeness (QED) is 0.494. The summed E-state index contributed by atoms with van der Waals surface area (Å²) in [5, 5.41) is 6.81. The molecular weight excluding hydrogens is 312 g/mol. The molecule has 4 nitrogen and oxygen atoms in total. The van der Waals surface area contributed by atoms with Crippen LogP contribution >= 0.6 is 0 Å². The van der Waals surface area contributed by atoms with E-state index in [2.05, 4.69) is 10.6 Å². The van der Waals surface area contributed by atoms with Gasteiger partial charge in [-0.15, -0.1) is 0 Å². The van der Waals surface area contributed by atoms with E-state index in [-0.39, 0.29) is 5.97 Å². The number of rotatable bonds is 9. The lowest BCUT2D eigenvalue weighted by Gasteiger charge is -2.57. The maximum absolute atomic E-state index is 11.6. The Balaban J connectivity index is 1.21. The van der Waals surface area contributed by atoms with Crippen molar-refractivity contribution in [3.63, 3.8) is 0 Å². The maximum Gasteiger partial charge on any atom is 0.320 e. The van der Waals surface area contributed by atoms with Gasteiger partial charge >= 0.3 is 5.97 Å². The predicted octanol–water partition coefficient (Wildman–Crippen LogP) is 3.50. The summed E-state index contributed by atoms with van der Waals surface area (Å²) in [6, 6.07) is 0. The molecule has 0 radical (unpaired) electrons. The second kappa shape index (κ2) is 7.96. The Morgan fingerprint density at radius 3 is 2.08 bits per heavy atom. The van der Waals surface area contributed by atoms with Crippen LogP contribution < -0.4 is 10.6 Å². The highest BCUT2D eigenvalue weighted by molar-refractivity contribution is 5.72. The SMILES string of the molecule is CC(C)(C)OC(=O)CNCCCNCCC12CC3CC(CC(C3)C1)C2. The van der Waals surface area contributed by atoms with Crippen molar-refractivity contribution in [1.82, 2.24) is 10.6 Å². The Bertz CT molecular complexity index is 420. The summed E-state index contributed by atoms with van der Waals surface area (Å²) in [6.45, 7) is 9.08. The van der Waals surface area contributed by atoms with Crippen LogP contribution in [0.2, 0.25) is 0 Å². The van der Waals surface area contributed by atoms with E-state index in [1.54, 1.807) is 0 Å². The molecule has 144 valence electrons. The van der Waals surface area contributed by atoms with Crippen molar-refractivity contribution in [1.29, 1.82) is 0 Å². The van der Waals surface area contributed by atoms with Gasteiger partial charge in [0.25, 0.3) is 0 Å². The summed E-state index contributed by atoms with van der Waals surface area (Å²) in [6.07, 6.45) is 11.6. The molecule has 0 aliphatic heterocycles. The van der Waals surface area contributed by atoms with Gasteiger partial charge in [0.2, 0.25) is 0 Å². The van der Waals surface area contributed by atoms with Gasteiger partial charge in [-0.2, -0.15) is 0 Å². The van der Waals surface area contributed by atoms with E-state index < -0.39 is 5.60 Å². The zero-order valence-corrected chi connectivity index (χ0v) is 16.5. The molecule has 0 saturated heterocycles. The number of hydrogen-bond donors (Lipinski definition) is 2. The number of hydrogen-bond acceptors (Lipinski definition) is 4. The normalized spacial score (nSPS) is 33.6. The predicted molar refractivity (Wildman–Crippen MR) is 101 cm³/mol. The van der Waals surface area contributed by atoms with Crippen molar-refractivity contribution in [3.05, 3.63) is 0 Å². The Kier molecular flexibility index (Phi) is 6.10. The van der Waals surface area contributed by atoms with E-state index in [4.69, 9.17) is 4.74 Å². The fourth-order valence-corrected chi connectivity index (χ4v) is 5.98. The van der Waals surface area contributed by atoms with E-state index in [1.807, 2.05) is 20.8 Å². The Labute approximate surface area is 153 Å². The van der Waals surface area contributed by atoms with Crippen molar-refractivity contribution in [2.75, 3.05) is 26.2 Å². The molecule has 0 atom stereocenters. The second-order valence-corrected chi connectivity index (χ2v) is 10.0. The molecule has 0 unspecified atom stereocenters. The molecule has 0 amide bonds. The maximum atomic E-state index is 11.6. The zero-order chi connectivity index (χ0) is 17.9. The van der Waals surface area contributed by atoms with E-state index in [0.717, 1.165) is 43.8 Å². The number of carbonyl (C=O) groups is 1. The van der Waals surface area contributed by atoms with Crippen molar-refractivity contribution in [2.24, 2.45) is 23.2 Å². The Morgan fingerprint density at radius 1 is 0.960 bits per heavy atom. The summed E-state index contributed by atoms with van der Waals surface area (Å²) in [5.41, 5.74) is 0.300. The van der Waals surface area contributed by atoms with Crippen LogP contribution in [0.3, 0.4) is 0 Å². The van der Waals surface area contributed by atoms with Gasteiger partial charge in [-0.1, -0.05) is 0 Å². The van der Waals surface area contributed by atoms with Crippen LogP contribution in [0.1, 0.15) is 72.1 Å². The minimum absolute atomic E-state index is 0.165. The fourth-order valence-electron chi connectivity index (χ4n) is 5.98. The second-order valence-electron chi connectivity index (χ2n) is 10.0. The molecule has 0 spiro atoms.